The molecular weight excluding hydrogens is 367 g/mol. The largest absolute Gasteiger partial charge is 0.399 e. The molecule has 0 aliphatic heterocycles. The van der Waals surface area contributed by atoms with E-state index in [-0.39, 0.29) is 11.3 Å². The minimum Gasteiger partial charge on any atom is -0.399 e. The minimum absolute atomic E-state index is 0.0139. The first-order valence-corrected chi connectivity index (χ1v) is 8.47. The van der Waals surface area contributed by atoms with Crippen molar-refractivity contribution in [1.29, 1.82) is 15.8 Å². The van der Waals surface area contributed by atoms with Gasteiger partial charge in [0, 0.05) is 21.9 Å². The average Bonchev–Trinajstić information content (AvgIpc) is 2.90. The molecule has 3 rings (SSSR count). The van der Waals surface area contributed by atoms with Gasteiger partial charge in [0.1, 0.15) is 0 Å². The van der Waals surface area contributed by atoms with Crippen molar-refractivity contribution in [2.75, 3.05) is 0 Å². The van der Waals surface area contributed by atoms with Gasteiger partial charge in [0.2, 0.25) is 0 Å². The zero-order valence-electron chi connectivity index (χ0n) is 13.4. The Morgan fingerprint density at radius 1 is 0.885 bits per heavy atom. The predicted molar refractivity (Wildman–Crippen MR) is 98.9 cm³/mol. The molecule has 2 aromatic rings. The molecule has 0 radical (unpaired) electrons. The van der Waals surface area contributed by atoms with Crippen molar-refractivity contribution >= 4 is 23.2 Å². The zero-order chi connectivity index (χ0) is 18.9. The van der Waals surface area contributed by atoms with Gasteiger partial charge in [0.15, 0.2) is 5.41 Å². The van der Waals surface area contributed by atoms with Gasteiger partial charge in [-0.1, -0.05) is 47.5 Å². The number of hydrogen-bond donors (Lipinski definition) is 1. The van der Waals surface area contributed by atoms with Gasteiger partial charge in [-0.2, -0.15) is 15.8 Å². The van der Waals surface area contributed by atoms with Gasteiger partial charge in [-0.3, -0.25) is 0 Å². The molecule has 0 heterocycles. The van der Waals surface area contributed by atoms with E-state index in [1.165, 1.54) is 0 Å². The smallest absolute Gasteiger partial charge is 0.191 e. The number of allylic oxidation sites excluding steroid dienone is 2. The normalized spacial score (nSPS) is 20.9. The summed E-state index contributed by atoms with van der Waals surface area (Å²) in [5.74, 6) is -1.25. The lowest BCUT2D eigenvalue weighted by Crippen LogP contribution is -2.29. The minimum atomic E-state index is -1.66. The Morgan fingerprint density at radius 2 is 1.42 bits per heavy atom. The monoisotopic (exact) mass is 378 g/mol. The summed E-state index contributed by atoms with van der Waals surface area (Å²) >= 11 is 12.3. The maximum atomic E-state index is 9.87. The first-order chi connectivity index (χ1) is 12.5. The van der Waals surface area contributed by atoms with Crippen LogP contribution < -0.4 is 5.73 Å². The quantitative estimate of drug-likeness (QED) is 0.822. The second-order valence-electron chi connectivity index (χ2n) is 6.04. The van der Waals surface area contributed by atoms with Crippen LogP contribution in [0.2, 0.25) is 10.0 Å². The zero-order valence-corrected chi connectivity index (χ0v) is 15.0. The summed E-state index contributed by atoms with van der Waals surface area (Å²) in [7, 11) is 0. The van der Waals surface area contributed by atoms with Gasteiger partial charge in [0.25, 0.3) is 0 Å². The molecular formula is C20H12Cl2N4. The molecule has 2 aromatic carbocycles. The third-order valence-corrected chi connectivity index (χ3v) is 5.18. The summed E-state index contributed by atoms with van der Waals surface area (Å²) in [5.41, 5.74) is 6.08. The van der Waals surface area contributed by atoms with E-state index in [0.717, 1.165) is 0 Å². The topological polar surface area (TPSA) is 97.4 Å². The second-order valence-corrected chi connectivity index (χ2v) is 6.91. The Bertz CT molecular complexity index is 1020. The first kappa shape index (κ1) is 17.8. The molecule has 0 saturated carbocycles. The molecule has 2 N–H and O–H groups in total. The fourth-order valence-electron chi connectivity index (χ4n) is 3.58. The Balaban J connectivity index is 2.34. The number of benzene rings is 2. The van der Waals surface area contributed by atoms with Gasteiger partial charge < -0.3 is 5.73 Å². The Kier molecular flexibility index (Phi) is 4.62. The standard InChI is InChI=1S/C20H12Cl2N4/c21-14-5-1-3-12(7-14)17-16(9-23)19(26)20(10-24,11-25)18(17)13-4-2-6-15(22)8-13/h1-8,17-18H,26H2/t17-,18-/m1/s1. The average molecular weight is 379 g/mol. The van der Waals surface area contributed by atoms with Crippen molar-refractivity contribution in [2.24, 2.45) is 11.1 Å². The first-order valence-electron chi connectivity index (χ1n) is 7.72. The van der Waals surface area contributed by atoms with Crippen LogP contribution >= 0.6 is 23.2 Å². The molecule has 0 saturated heterocycles. The van der Waals surface area contributed by atoms with Crippen LogP contribution in [-0.2, 0) is 0 Å². The maximum absolute atomic E-state index is 9.87. The summed E-state index contributed by atoms with van der Waals surface area (Å²) in [5, 5.41) is 30.4. The highest BCUT2D eigenvalue weighted by Crippen LogP contribution is 2.58. The van der Waals surface area contributed by atoms with Gasteiger partial charge in [-0.05, 0) is 35.4 Å². The van der Waals surface area contributed by atoms with E-state index < -0.39 is 17.3 Å². The van der Waals surface area contributed by atoms with Crippen molar-refractivity contribution in [3.05, 3.63) is 81.0 Å². The molecule has 0 fully saturated rings. The lowest BCUT2D eigenvalue weighted by Gasteiger charge is -2.28. The number of halogens is 2. The van der Waals surface area contributed by atoms with E-state index in [4.69, 9.17) is 28.9 Å². The summed E-state index contributed by atoms with van der Waals surface area (Å²) in [6, 6.07) is 20.1. The van der Waals surface area contributed by atoms with Crippen LogP contribution in [-0.4, -0.2) is 0 Å². The molecule has 0 bridgehead atoms. The molecule has 1 aliphatic rings. The van der Waals surface area contributed by atoms with E-state index in [0.29, 0.717) is 21.2 Å². The van der Waals surface area contributed by atoms with Crippen molar-refractivity contribution in [3.8, 4) is 18.2 Å². The fourth-order valence-corrected chi connectivity index (χ4v) is 3.98. The highest BCUT2D eigenvalue weighted by atomic mass is 35.5. The molecule has 0 amide bonds. The third kappa shape index (κ3) is 2.59. The van der Waals surface area contributed by atoms with E-state index in [2.05, 4.69) is 18.2 Å². The molecule has 2 atom stereocenters. The van der Waals surface area contributed by atoms with Crippen LogP contribution in [0, 0.1) is 39.4 Å². The summed E-state index contributed by atoms with van der Waals surface area (Å²) in [4.78, 5) is 0. The van der Waals surface area contributed by atoms with Crippen LogP contribution in [0.15, 0.2) is 59.8 Å². The van der Waals surface area contributed by atoms with E-state index in [1.807, 2.05) is 6.07 Å². The Hall–Kier alpha value is -2.97. The van der Waals surface area contributed by atoms with Crippen molar-refractivity contribution in [3.63, 3.8) is 0 Å². The molecule has 26 heavy (non-hydrogen) atoms. The predicted octanol–water partition coefficient (Wildman–Crippen LogP) is 4.64. The Labute approximate surface area is 161 Å². The molecule has 4 nitrogen and oxygen atoms in total. The molecule has 0 aromatic heterocycles. The van der Waals surface area contributed by atoms with Crippen LogP contribution in [0.5, 0.6) is 0 Å². The second kappa shape index (κ2) is 6.74. The van der Waals surface area contributed by atoms with Crippen LogP contribution in [0.25, 0.3) is 0 Å². The molecule has 6 heteroatoms. The molecule has 0 unspecified atom stereocenters. The SMILES string of the molecule is N#CC1=C(N)C(C#N)(C#N)[C@H](c2cccc(Cl)c2)[C@@H]1c1cccc(Cl)c1. The van der Waals surface area contributed by atoms with Crippen molar-refractivity contribution < 1.29 is 0 Å². The number of hydrogen-bond acceptors (Lipinski definition) is 4. The lowest BCUT2D eigenvalue weighted by molar-refractivity contribution is 0.475. The van der Waals surface area contributed by atoms with Gasteiger partial charge in [-0.25, -0.2) is 0 Å². The van der Waals surface area contributed by atoms with Gasteiger partial charge in [0.05, 0.1) is 29.5 Å². The molecule has 1 aliphatic carbocycles. The van der Waals surface area contributed by atoms with Gasteiger partial charge in [-0.15, -0.1) is 0 Å². The van der Waals surface area contributed by atoms with E-state index >= 15 is 0 Å². The lowest BCUT2D eigenvalue weighted by atomic mass is 9.70. The van der Waals surface area contributed by atoms with Crippen LogP contribution in [0.1, 0.15) is 23.0 Å². The summed E-state index contributed by atoms with van der Waals surface area (Å²) in [6.45, 7) is 0. The van der Waals surface area contributed by atoms with Crippen LogP contribution in [0.4, 0.5) is 0 Å². The van der Waals surface area contributed by atoms with Crippen molar-refractivity contribution in [2.45, 2.75) is 11.8 Å². The maximum Gasteiger partial charge on any atom is 0.191 e. The Morgan fingerprint density at radius 3 is 1.92 bits per heavy atom. The highest BCUT2D eigenvalue weighted by Gasteiger charge is 2.56. The van der Waals surface area contributed by atoms with E-state index in [9.17, 15) is 15.8 Å². The molecule has 126 valence electrons. The number of nitrogens with zero attached hydrogens (tertiary/aromatic N) is 3. The van der Waals surface area contributed by atoms with Crippen molar-refractivity contribution in [1.82, 2.24) is 0 Å². The third-order valence-electron chi connectivity index (χ3n) is 4.71. The summed E-state index contributed by atoms with van der Waals surface area (Å²) < 4.78 is 0. The highest BCUT2D eigenvalue weighted by molar-refractivity contribution is 6.30. The number of rotatable bonds is 2. The molecule has 0 spiro atoms. The van der Waals surface area contributed by atoms with E-state index in [1.54, 1.807) is 42.5 Å². The summed E-state index contributed by atoms with van der Waals surface area (Å²) in [6.07, 6.45) is 0. The number of nitrogens with two attached hydrogens (primary N) is 1. The number of nitriles is 3. The van der Waals surface area contributed by atoms with Gasteiger partial charge >= 0.3 is 0 Å². The fraction of sp³-hybridized carbons (Fsp3) is 0.150. The van der Waals surface area contributed by atoms with Crippen LogP contribution in [0.3, 0.4) is 0 Å².